The second-order valence-electron chi connectivity index (χ2n) is 4.75. The highest BCUT2D eigenvalue weighted by molar-refractivity contribution is 5.66. The van der Waals surface area contributed by atoms with Gasteiger partial charge in [0.1, 0.15) is 0 Å². The number of benzene rings is 1. The Labute approximate surface area is 108 Å². The summed E-state index contributed by atoms with van der Waals surface area (Å²) >= 11 is 0. The van der Waals surface area contributed by atoms with Crippen LogP contribution in [0.4, 0.5) is 0 Å². The van der Waals surface area contributed by atoms with Crippen LogP contribution in [0.2, 0.25) is 0 Å². The van der Waals surface area contributed by atoms with Gasteiger partial charge in [-0.15, -0.1) is 5.10 Å². The van der Waals surface area contributed by atoms with Crippen LogP contribution in [0.5, 0.6) is 5.88 Å². The lowest BCUT2D eigenvalue weighted by Crippen LogP contribution is -1.96. The lowest BCUT2D eigenvalue weighted by Gasteiger charge is -2.07. The van der Waals surface area contributed by atoms with Crippen molar-refractivity contribution < 1.29 is 5.11 Å². The Kier molecular flexibility index (Phi) is 3.70. The third-order valence-corrected chi connectivity index (χ3v) is 3.20. The minimum atomic E-state index is 0.169. The average Bonchev–Trinajstić information content (AvgIpc) is 2.61. The van der Waals surface area contributed by atoms with E-state index in [0.717, 1.165) is 36.1 Å². The number of unbranched alkanes of at least 4 members (excludes halogenated alkanes) is 1. The van der Waals surface area contributed by atoms with Crippen molar-refractivity contribution in [2.75, 3.05) is 0 Å². The smallest absolute Gasteiger partial charge is 0.234 e. The maximum atomic E-state index is 9.94. The lowest BCUT2D eigenvalue weighted by atomic mass is 10.0. The van der Waals surface area contributed by atoms with Crippen molar-refractivity contribution in [3.05, 3.63) is 35.4 Å². The largest absolute Gasteiger partial charge is 0.492 e. The Morgan fingerprint density at radius 1 is 1.33 bits per heavy atom. The summed E-state index contributed by atoms with van der Waals surface area (Å²) in [5.74, 6) is 0.169. The highest BCUT2D eigenvalue weighted by atomic mass is 16.3. The fourth-order valence-corrected chi connectivity index (χ4v) is 2.29. The van der Waals surface area contributed by atoms with Gasteiger partial charge in [0.25, 0.3) is 0 Å². The van der Waals surface area contributed by atoms with Gasteiger partial charge in [0.05, 0.1) is 5.69 Å². The highest BCUT2D eigenvalue weighted by Gasteiger charge is 2.16. The van der Waals surface area contributed by atoms with Gasteiger partial charge < -0.3 is 5.11 Å². The highest BCUT2D eigenvalue weighted by Crippen LogP contribution is 2.31. The number of hydrogen-bond donors (Lipinski definition) is 1. The van der Waals surface area contributed by atoms with E-state index in [-0.39, 0.29) is 5.88 Å². The molecule has 0 fully saturated rings. The molecule has 2 aromatic rings. The first-order chi connectivity index (χ1) is 8.63. The van der Waals surface area contributed by atoms with Crippen LogP contribution in [0.1, 0.15) is 30.9 Å². The summed E-state index contributed by atoms with van der Waals surface area (Å²) in [5, 5.41) is 14.1. The van der Waals surface area contributed by atoms with Crippen molar-refractivity contribution >= 4 is 0 Å². The molecule has 2 rings (SSSR count). The molecule has 0 saturated heterocycles. The first-order valence-corrected chi connectivity index (χ1v) is 6.45. The predicted octanol–water partition coefficient (Wildman–Crippen LogP) is 3.44. The van der Waals surface area contributed by atoms with Crippen LogP contribution in [-0.4, -0.2) is 14.9 Å². The van der Waals surface area contributed by atoms with E-state index >= 15 is 0 Å². The van der Waals surface area contributed by atoms with Crippen LogP contribution in [0.3, 0.4) is 0 Å². The quantitative estimate of drug-likeness (QED) is 0.894. The summed E-state index contributed by atoms with van der Waals surface area (Å²) in [7, 11) is 1.88. The molecule has 0 unspecified atom stereocenters. The molecule has 0 saturated carbocycles. The van der Waals surface area contributed by atoms with Crippen molar-refractivity contribution in [3.8, 4) is 17.1 Å². The molecule has 3 nitrogen and oxygen atoms in total. The molecule has 0 radical (unpaired) electrons. The van der Waals surface area contributed by atoms with Gasteiger partial charge in [0, 0.05) is 18.2 Å². The maximum Gasteiger partial charge on any atom is 0.234 e. The van der Waals surface area contributed by atoms with Crippen LogP contribution in [-0.2, 0) is 13.5 Å². The zero-order chi connectivity index (χ0) is 13.1. The van der Waals surface area contributed by atoms with Gasteiger partial charge in [-0.25, -0.2) is 0 Å². The zero-order valence-corrected chi connectivity index (χ0v) is 11.3. The number of rotatable bonds is 4. The van der Waals surface area contributed by atoms with Crippen LogP contribution in [0.15, 0.2) is 24.3 Å². The molecule has 1 heterocycles. The van der Waals surface area contributed by atoms with Gasteiger partial charge in [0.15, 0.2) is 0 Å². The molecule has 0 amide bonds. The normalized spacial score (nSPS) is 10.8. The predicted molar refractivity (Wildman–Crippen MR) is 73.7 cm³/mol. The topological polar surface area (TPSA) is 38.1 Å². The summed E-state index contributed by atoms with van der Waals surface area (Å²) in [6.07, 6.45) is 3.05. The van der Waals surface area contributed by atoms with Crippen LogP contribution in [0.25, 0.3) is 11.3 Å². The Hall–Kier alpha value is -1.77. The van der Waals surface area contributed by atoms with Gasteiger partial charge in [-0.3, -0.25) is 4.68 Å². The molecule has 1 aromatic heterocycles. The molecule has 0 aliphatic carbocycles. The van der Waals surface area contributed by atoms with E-state index in [0.29, 0.717) is 0 Å². The van der Waals surface area contributed by atoms with E-state index in [1.54, 1.807) is 4.68 Å². The van der Waals surface area contributed by atoms with Crippen molar-refractivity contribution in [1.29, 1.82) is 0 Å². The van der Waals surface area contributed by atoms with E-state index < -0.39 is 0 Å². The Balaban J connectivity index is 2.49. The Morgan fingerprint density at radius 2 is 2.11 bits per heavy atom. The van der Waals surface area contributed by atoms with Gasteiger partial charge in [-0.05, 0) is 25.8 Å². The van der Waals surface area contributed by atoms with Gasteiger partial charge in [-0.1, -0.05) is 37.1 Å². The molecular weight excluding hydrogens is 224 g/mol. The number of aryl methyl sites for hydroxylation is 2. The molecule has 0 aliphatic heterocycles. The van der Waals surface area contributed by atoms with E-state index in [9.17, 15) is 5.11 Å². The monoisotopic (exact) mass is 244 g/mol. The Bertz CT molecular complexity index is 543. The molecule has 1 N–H and O–H groups in total. The molecule has 0 bridgehead atoms. The third kappa shape index (κ3) is 2.40. The average molecular weight is 244 g/mol. The first-order valence-electron chi connectivity index (χ1n) is 6.45. The molecule has 0 aliphatic rings. The lowest BCUT2D eigenvalue weighted by molar-refractivity contribution is 0.438. The van der Waals surface area contributed by atoms with Crippen LogP contribution < -0.4 is 0 Å². The fraction of sp³-hybridized carbons (Fsp3) is 0.400. The number of aromatic nitrogens is 2. The first kappa shape index (κ1) is 12.7. The second kappa shape index (κ2) is 5.25. The SMILES string of the molecule is CCCCc1c(O)nn(C)c1-c1cccc(C)c1. The summed E-state index contributed by atoms with van der Waals surface area (Å²) < 4.78 is 1.77. The maximum absolute atomic E-state index is 9.94. The van der Waals surface area contributed by atoms with Crippen LogP contribution >= 0.6 is 0 Å². The molecule has 1 aromatic carbocycles. The zero-order valence-electron chi connectivity index (χ0n) is 11.3. The fourth-order valence-electron chi connectivity index (χ4n) is 2.29. The summed E-state index contributed by atoms with van der Waals surface area (Å²) in [6.45, 7) is 4.23. The third-order valence-electron chi connectivity index (χ3n) is 3.20. The number of hydrogen-bond acceptors (Lipinski definition) is 2. The van der Waals surface area contributed by atoms with Crippen molar-refractivity contribution in [3.63, 3.8) is 0 Å². The molecule has 3 heteroatoms. The minimum absolute atomic E-state index is 0.169. The van der Waals surface area contributed by atoms with E-state index in [1.807, 2.05) is 13.1 Å². The van der Waals surface area contributed by atoms with E-state index in [4.69, 9.17) is 0 Å². The van der Waals surface area contributed by atoms with Gasteiger partial charge in [0.2, 0.25) is 5.88 Å². The molecule has 0 spiro atoms. The molecular formula is C15H20N2O. The molecule has 0 atom stereocenters. The van der Waals surface area contributed by atoms with Crippen molar-refractivity contribution in [2.24, 2.45) is 7.05 Å². The van der Waals surface area contributed by atoms with Crippen molar-refractivity contribution in [2.45, 2.75) is 33.1 Å². The summed E-state index contributed by atoms with van der Waals surface area (Å²) in [5.41, 5.74) is 4.33. The van der Waals surface area contributed by atoms with Gasteiger partial charge in [-0.2, -0.15) is 0 Å². The van der Waals surface area contributed by atoms with Gasteiger partial charge >= 0.3 is 0 Å². The Morgan fingerprint density at radius 3 is 2.78 bits per heavy atom. The standard InChI is InChI=1S/C15H20N2O/c1-4-5-9-13-14(17(3)16-15(13)18)12-8-6-7-11(2)10-12/h6-8,10H,4-5,9H2,1-3H3,(H,16,18). The summed E-state index contributed by atoms with van der Waals surface area (Å²) in [6, 6.07) is 8.31. The van der Waals surface area contributed by atoms with E-state index in [2.05, 4.69) is 37.1 Å². The van der Waals surface area contributed by atoms with Crippen molar-refractivity contribution in [1.82, 2.24) is 9.78 Å². The minimum Gasteiger partial charge on any atom is -0.492 e. The van der Waals surface area contributed by atoms with E-state index in [1.165, 1.54) is 5.56 Å². The molecule has 18 heavy (non-hydrogen) atoms. The molecule has 96 valence electrons. The number of aromatic hydroxyl groups is 1. The van der Waals surface area contributed by atoms with Crippen LogP contribution in [0, 0.1) is 6.92 Å². The number of nitrogens with zero attached hydrogens (tertiary/aromatic N) is 2. The second-order valence-corrected chi connectivity index (χ2v) is 4.75. The summed E-state index contributed by atoms with van der Waals surface area (Å²) in [4.78, 5) is 0.